The molecule has 6 aromatic rings. The summed E-state index contributed by atoms with van der Waals surface area (Å²) in [6.45, 7) is 4.83. The van der Waals surface area contributed by atoms with Crippen molar-refractivity contribution in [3.8, 4) is 11.5 Å². The van der Waals surface area contributed by atoms with E-state index in [1.807, 2.05) is 72.8 Å². The standard InChI is InChI=1S/C35H25BrN2O3/c1-35(2)25-18-40-28-15-13-21(36)17-24(28)29(25)30-32-31(22-10-6-7-11-23(22)34(30)41-35)37-26-14-12-20(16-27(26)38-32)33(39)19-8-4-3-5-9-19/h3-17,25,29H,18H2,1-2H3/t25-,29+/m0/s1. The van der Waals surface area contributed by atoms with Crippen molar-refractivity contribution in [1.29, 1.82) is 0 Å². The lowest BCUT2D eigenvalue weighted by Crippen LogP contribution is -2.49. The Labute approximate surface area is 245 Å². The average molecular weight is 602 g/mol. The Hall–Kier alpha value is -4.29. The fraction of sp³-hybridized carbons (Fsp3) is 0.171. The maximum absolute atomic E-state index is 13.3. The molecule has 0 saturated heterocycles. The highest BCUT2D eigenvalue weighted by Crippen LogP contribution is 2.56. The Bertz CT molecular complexity index is 2050. The number of aromatic nitrogens is 2. The van der Waals surface area contributed by atoms with Crippen LogP contribution in [0.4, 0.5) is 0 Å². The van der Waals surface area contributed by atoms with Crippen molar-refractivity contribution >= 4 is 54.6 Å². The fourth-order valence-electron chi connectivity index (χ4n) is 6.55. The normalized spacial score (nSPS) is 18.7. The van der Waals surface area contributed by atoms with Crippen molar-refractivity contribution in [1.82, 2.24) is 9.97 Å². The Kier molecular flexibility index (Phi) is 5.29. The summed E-state index contributed by atoms with van der Waals surface area (Å²) in [6, 6.07) is 29.4. The van der Waals surface area contributed by atoms with Crippen LogP contribution in [0.1, 0.15) is 46.8 Å². The summed E-state index contributed by atoms with van der Waals surface area (Å²) >= 11 is 3.69. The van der Waals surface area contributed by atoms with E-state index in [1.54, 1.807) is 0 Å². The Morgan fingerprint density at radius 1 is 0.829 bits per heavy atom. The van der Waals surface area contributed by atoms with Gasteiger partial charge in [-0.1, -0.05) is 70.5 Å². The summed E-state index contributed by atoms with van der Waals surface area (Å²) in [5.41, 5.74) is 5.95. The minimum atomic E-state index is -0.479. The predicted octanol–water partition coefficient (Wildman–Crippen LogP) is 8.24. The number of hydrogen-bond acceptors (Lipinski definition) is 5. The molecule has 200 valence electrons. The third kappa shape index (κ3) is 3.70. The van der Waals surface area contributed by atoms with Crippen molar-refractivity contribution in [3.63, 3.8) is 0 Å². The van der Waals surface area contributed by atoms with E-state index >= 15 is 0 Å². The molecule has 0 unspecified atom stereocenters. The smallest absolute Gasteiger partial charge is 0.193 e. The topological polar surface area (TPSA) is 61.3 Å². The zero-order chi connectivity index (χ0) is 27.9. The van der Waals surface area contributed by atoms with Crippen LogP contribution in [0.5, 0.6) is 11.5 Å². The van der Waals surface area contributed by atoms with E-state index in [1.165, 1.54) is 0 Å². The molecule has 2 atom stereocenters. The first-order valence-corrected chi connectivity index (χ1v) is 14.6. The lowest BCUT2D eigenvalue weighted by atomic mass is 9.69. The van der Waals surface area contributed by atoms with E-state index < -0.39 is 5.60 Å². The van der Waals surface area contributed by atoms with Gasteiger partial charge in [0.15, 0.2) is 5.78 Å². The summed E-state index contributed by atoms with van der Waals surface area (Å²) in [6.07, 6.45) is 0. The van der Waals surface area contributed by atoms with Gasteiger partial charge in [-0.2, -0.15) is 0 Å². The molecular weight excluding hydrogens is 576 g/mol. The first-order chi connectivity index (χ1) is 19.9. The fourth-order valence-corrected chi connectivity index (χ4v) is 6.93. The molecule has 0 bridgehead atoms. The van der Waals surface area contributed by atoms with Crippen molar-refractivity contribution in [3.05, 3.63) is 118 Å². The molecule has 0 amide bonds. The van der Waals surface area contributed by atoms with Gasteiger partial charge in [0.1, 0.15) is 17.1 Å². The highest BCUT2D eigenvalue weighted by molar-refractivity contribution is 9.10. The van der Waals surface area contributed by atoms with Gasteiger partial charge in [-0.25, -0.2) is 9.97 Å². The van der Waals surface area contributed by atoms with Gasteiger partial charge >= 0.3 is 0 Å². The molecule has 2 aliphatic heterocycles. The molecule has 0 spiro atoms. The van der Waals surface area contributed by atoms with E-state index in [0.717, 1.165) is 54.4 Å². The third-order valence-electron chi connectivity index (χ3n) is 8.59. The van der Waals surface area contributed by atoms with Crippen molar-refractivity contribution in [2.45, 2.75) is 25.4 Å². The first kappa shape index (κ1) is 24.5. The largest absolute Gasteiger partial charge is 0.493 e. The molecule has 5 aromatic carbocycles. The van der Waals surface area contributed by atoms with Crippen LogP contribution in [0, 0.1) is 5.92 Å². The summed E-state index contributed by atoms with van der Waals surface area (Å²) < 4.78 is 14.1. The van der Waals surface area contributed by atoms with Crippen LogP contribution in [0.25, 0.3) is 32.8 Å². The predicted molar refractivity (Wildman–Crippen MR) is 164 cm³/mol. The molecule has 6 heteroatoms. The minimum Gasteiger partial charge on any atom is -0.493 e. The first-order valence-electron chi connectivity index (χ1n) is 13.8. The lowest BCUT2D eigenvalue weighted by molar-refractivity contribution is -0.0118. The Balaban J connectivity index is 1.45. The zero-order valence-corrected chi connectivity index (χ0v) is 24.1. The second-order valence-corrected chi connectivity index (χ2v) is 12.3. The van der Waals surface area contributed by atoms with Crippen LogP contribution >= 0.6 is 15.9 Å². The monoisotopic (exact) mass is 600 g/mol. The number of halogens is 1. The Morgan fingerprint density at radius 2 is 1.59 bits per heavy atom. The summed E-state index contributed by atoms with van der Waals surface area (Å²) in [5, 5.41) is 2.02. The van der Waals surface area contributed by atoms with Gasteiger partial charge in [0.05, 0.1) is 28.7 Å². The number of fused-ring (bicyclic) bond motifs is 11. The molecule has 1 aromatic heterocycles. The number of benzene rings is 5. The van der Waals surface area contributed by atoms with Gasteiger partial charge in [0.25, 0.3) is 0 Å². The summed E-state index contributed by atoms with van der Waals surface area (Å²) in [7, 11) is 0. The second kappa shape index (κ2) is 8.85. The van der Waals surface area contributed by atoms with E-state index in [4.69, 9.17) is 19.4 Å². The van der Waals surface area contributed by atoms with Crippen molar-refractivity contribution < 1.29 is 14.3 Å². The molecule has 8 rings (SSSR count). The maximum atomic E-state index is 13.3. The van der Waals surface area contributed by atoms with Crippen LogP contribution in [0.2, 0.25) is 0 Å². The molecule has 0 N–H and O–H groups in total. The number of rotatable bonds is 2. The summed E-state index contributed by atoms with van der Waals surface area (Å²) in [5.74, 6) is 1.73. The van der Waals surface area contributed by atoms with Crippen molar-refractivity contribution in [2.75, 3.05) is 6.61 Å². The quantitative estimate of drug-likeness (QED) is 0.114. The number of ketones is 1. The van der Waals surface area contributed by atoms with Gasteiger partial charge in [0.2, 0.25) is 0 Å². The number of carbonyl (C=O) groups excluding carboxylic acids is 1. The SMILES string of the molecule is CC1(C)Oc2c(c3nc4cc(C(=O)c5ccccc5)ccc4nc3c3ccccc23)[C@@H]2c3cc(Br)ccc3OC[C@@H]21. The Morgan fingerprint density at radius 3 is 2.41 bits per heavy atom. The van der Waals surface area contributed by atoms with Crippen LogP contribution in [0.3, 0.4) is 0 Å². The number of hydrogen-bond donors (Lipinski definition) is 0. The van der Waals surface area contributed by atoms with Gasteiger partial charge in [-0.3, -0.25) is 4.79 Å². The molecule has 0 fully saturated rings. The number of nitrogens with zero attached hydrogens (tertiary/aromatic N) is 2. The number of ether oxygens (including phenoxy) is 2. The molecule has 41 heavy (non-hydrogen) atoms. The zero-order valence-electron chi connectivity index (χ0n) is 22.5. The molecule has 0 radical (unpaired) electrons. The summed E-state index contributed by atoms with van der Waals surface area (Å²) in [4.78, 5) is 23.7. The van der Waals surface area contributed by atoms with E-state index in [-0.39, 0.29) is 17.6 Å². The molecule has 5 nitrogen and oxygen atoms in total. The van der Waals surface area contributed by atoms with Crippen LogP contribution in [-0.4, -0.2) is 28.0 Å². The molecule has 3 heterocycles. The highest BCUT2D eigenvalue weighted by atomic mass is 79.9. The van der Waals surface area contributed by atoms with Crippen molar-refractivity contribution in [2.24, 2.45) is 5.92 Å². The van der Waals surface area contributed by atoms with Crippen LogP contribution in [-0.2, 0) is 0 Å². The maximum Gasteiger partial charge on any atom is 0.193 e. The highest BCUT2D eigenvalue weighted by Gasteiger charge is 2.49. The van der Waals surface area contributed by atoms with E-state index in [0.29, 0.717) is 23.3 Å². The van der Waals surface area contributed by atoms with Crippen LogP contribution in [0.15, 0.2) is 95.5 Å². The van der Waals surface area contributed by atoms with Crippen LogP contribution < -0.4 is 9.47 Å². The van der Waals surface area contributed by atoms with Gasteiger partial charge in [-0.15, -0.1) is 0 Å². The average Bonchev–Trinajstić information content (AvgIpc) is 2.99. The second-order valence-electron chi connectivity index (χ2n) is 11.4. The minimum absolute atomic E-state index is 0.0111. The third-order valence-corrected chi connectivity index (χ3v) is 9.08. The van der Waals surface area contributed by atoms with Gasteiger partial charge in [-0.05, 0) is 50.2 Å². The molecular formula is C35H25BrN2O3. The molecule has 0 aliphatic carbocycles. The van der Waals surface area contributed by atoms with Gasteiger partial charge < -0.3 is 9.47 Å². The molecule has 0 saturated carbocycles. The lowest BCUT2D eigenvalue weighted by Gasteiger charge is -2.48. The van der Waals surface area contributed by atoms with Gasteiger partial charge in [0, 0.05) is 49.3 Å². The molecule has 2 aliphatic rings. The number of carbonyl (C=O) groups is 1. The van der Waals surface area contributed by atoms with E-state index in [2.05, 4.69) is 48.0 Å². The van der Waals surface area contributed by atoms with E-state index in [9.17, 15) is 4.79 Å².